The van der Waals surface area contributed by atoms with Crippen LogP contribution in [0.5, 0.6) is 5.75 Å². The van der Waals surface area contributed by atoms with E-state index in [2.05, 4.69) is 12.2 Å². The Bertz CT molecular complexity index is 607. The number of ether oxygens (including phenoxy) is 1. The average Bonchev–Trinajstić information content (AvgIpc) is 3.02. The molecule has 1 aromatic carbocycles. The number of carbonyl (C=O) groups excluding carboxylic acids is 2. The number of thioether (sulfide) groups is 1. The lowest BCUT2D eigenvalue weighted by atomic mass is 10.2. The molecule has 118 valence electrons. The Morgan fingerprint density at radius 1 is 1.50 bits per heavy atom. The van der Waals surface area contributed by atoms with E-state index in [1.165, 1.54) is 0 Å². The molecular weight excluding hydrogens is 300 g/mol. The number of hydrogen-bond acceptors (Lipinski definition) is 4. The maximum atomic E-state index is 12.5. The van der Waals surface area contributed by atoms with Crippen LogP contribution in [-0.2, 0) is 16.1 Å². The minimum Gasteiger partial charge on any atom is -0.496 e. The summed E-state index contributed by atoms with van der Waals surface area (Å²) in [6.07, 6.45) is 1.37. The first-order chi connectivity index (χ1) is 10.5. The number of fused-ring (bicyclic) bond motifs is 1. The van der Waals surface area contributed by atoms with Crippen molar-refractivity contribution < 1.29 is 14.3 Å². The van der Waals surface area contributed by atoms with Gasteiger partial charge >= 0.3 is 0 Å². The zero-order chi connectivity index (χ0) is 15.7. The monoisotopic (exact) mass is 320 g/mol. The summed E-state index contributed by atoms with van der Waals surface area (Å²) in [5.74, 6) is 1.42. The predicted molar refractivity (Wildman–Crippen MR) is 85.6 cm³/mol. The van der Waals surface area contributed by atoms with E-state index in [0.717, 1.165) is 17.7 Å². The van der Waals surface area contributed by atoms with Crippen molar-refractivity contribution in [2.75, 3.05) is 12.9 Å². The summed E-state index contributed by atoms with van der Waals surface area (Å²) in [6, 6.07) is 7.24. The summed E-state index contributed by atoms with van der Waals surface area (Å²) in [6.45, 7) is 2.46. The van der Waals surface area contributed by atoms with Crippen LogP contribution in [0.15, 0.2) is 24.3 Å². The third-order valence-corrected chi connectivity index (χ3v) is 5.90. The molecule has 6 heteroatoms. The molecule has 1 N–H and O–H groups in total. The highest BCUT2D eigenvalue weighted by atomic mass is 32.2. The van der Waals surface area contributed by atoms with Crippen molar-refractivity contribution in [2.24, 2.45) is 0 Å². The Balaban J connectivity index is 1.67. The summed E-state index contributed by atoms with van der Waals surface area (Å²) in [7, 11) is 1.61. The Hall–Kier alpha value is -1.69. The molecule has 0 spiro atoms. The zero-order valence-corrected chi connectivity index (χ0v) is 13.6. The van der Waals surface area contributed by atoms with Gasteiger partial charge in [0.05, 0.1) is 12.0 Å². The molecule has 3 rings (SSSR count). The van der Waals surface area contributed by atoms with Gasteiger partial charge in [0.25, 0.3) is 0 Å². The van der Waals surface area contributed by atoms with E-state index in [4.69, 9.17) is 4.74 Å². The topological polar surface area (TPSA) is 58.6 Å². The summed E-state index contributed by atoms with van der Waals surface area (Å²) in [5.41, 5.74) is 0.930. The molecule has 2 fully saturated rings. The lowest BCUT2D eigenvalue weighted by Gasteiger charge is -2.29. The number of para-hydroxylation sites is 1. The van der Waals surface area contributed by atoms with Gasteiger partial charge in [0.2, 0.25) is 11.8 Å². The van der Waals surface area contributed by atoms with Crippen molar-refractivity contribution in [1.29, 1.82) is 0 Å². The van der Waals surface area contributed by atoms with Gasteiger partial charge < -0.3 is 15.0 Å². The molecule has 5 nitrogen and oxygen atoms in total. The van der Waals surface area contributed by atoms with E-state index in [-0.39, 0.29) is 22.7 Å². The van der Waals surface area contributed by atoms with Crippen LogP contribution in [0.25, 0.3) is 0 Å². The molecule has 2 saturated heterocycles. The highest BCUT2D eigenvalue weighted by Gasteiger charge is 2.52. The highest BCUT2D eigenvalue weighted by Crippen LogP contribution is 2.47. The quantitative estimate of drug-likeness (QED) is 0.918. The number of methoxy groups -OCH3 is 1. The largest absolute Gasteiger partial charge is 0.496 e. The van der Waals surface area contributed by atoms with Gasteiger partial charge in [-0.15, -0.1) is 11.8 Å². The average molecular weight is 320 g/mol. The first-order valence-corrected chi connectivity index (χ1v) is 8.39. The van der Waals surface area contributed by atoms with Crippen LogP contribution >= 0.6 is 11.8 Å². The Labute approximate surface area is 134 Å². The van der Waals surface area contributed by atoms with Gasteiger partial charge in [-0.25, -0.2) is 0 Å². The number of carbonyl (C=O) groups is 2. The van der Waals surface area contributed by atoms with Gasteiger partial charge in [0, 0.05) is 24.3 Å². The summed E-state index contributed by atoms with van der Waals surface area (Å²) < 4.78 is 5.29. The molecular formula is C16H20N2O3S. The number of rotatable bonds is 4. The minimum absolute atomic E-state index is 0.0858. The lowest BCUT2D eigenvalue weighted by Crippen LogP contribution is -2.49. The number of nitrogens with zero attached hydrogens (tertiary/aromatic N) is 1. The molecule has 0 unspecified atom stereocenters. The van der Waals surface area contributed by atoms with Crippen LogP contribution in [0.1, 0.15) is 25.3 Å². The standard InChI is InChI=1S/C16H20N2O3S/c1-16-8-7-14(19)18(16)12(10-22-16)15(20)17-9-11-5-3-4-6-13(11)21-2/h3-6,12H,7-10H2,1-2H3,(H,17,20)/t12-,16-/m1/s1. The fourth-order valence-electron chi connectivity index (χ4n) is 3.16. The van der Waals surface area contributed by atoms with Gasteiger partial charge in [-0.2, -0.15) is 0 Å². The molecule has 22 heavy (non-hydrogen) atoms. The smallest absolute Gasteiger partial charge is 0.243 e. The summed E-state index contributed by atoms with van der Waals surface area (Å²) >= 11 is 1.70. The predicted octanol–water partition coefficient (Wildman–Crippen LogP) is 1.77. The fourth-order valence-corrected chi connectivity index (χ4v) is 4.60. The maximum absolute atomic E-state index is 12.5. The van der Waals surface area contributed by atoms with E-state index in [0.29, 0.717) is 18.7 Å². The van der Waals surface area contributed by atoms with Crippen molar-refractivity contribution in [3.8, 4) is 5.75 Å². The summed E-state index contributed by atoms with van der Waals surface area (Å²) in [4.78, 5) is 26.1. The van der Waals surface area contributed by atoms with Crippen LogP contribution in [0.3, 0.4) is 0 Å². The molecule has 0 bridgehead atoms. The second-order valence-electron chi connectivity index (χ2n) is 5.80. The maximum Gasteiger partial charge on any atom is 0.243 e. The van der Waals surface area contributed by atoms with Gasteiger partial charge in [-0.1, -0.05) is 18.2 Å². The Morgan fingerprint density at radius 3 is 3.05 bits per heavy atom. The number of nitrogens with one attached hydrogen (secondary N) is 1. The van der Waals surface area contributed by atoms with Gasteiger partial charge in [0.1, 0.15) is 11.8 Å². The van der Waals surface area contributed by atoms with Crippen molar-refractivity contribution in [1.82, 2.24) is 10.2 Å². The number of amides is 2. The molecule has 0 aliphatic carbocycles. The highest BCUT2D eigenvalue weighted by molar-refractivity contribution is 8.01. The molecule has 2 heterocycles. The van der Waals surface area contributed by atoms with Crippen LogP contribution in [0.2, 0.25) is 0 Å². The zero-order valence-electron chi connectivity index (χ0n) is 12.8. The molecule has 0 saturated carbocycles. The van der Waals surface area contributed by atoms with Crippen molar-refractivity contribution in [2.45, 2.75) is 37.2 Å². The van der Waals surface area contributed by atoms with Gasteiger partial charge in [0.15, 0.2) is 0 Å². The first kappa shape index (κ1) is 15.2. The molecule has 2 aliphatic heterocycles. The second-order valence-corrected chi connectivity index (χ2v) is 7.30. The van der Waals surface area contributed by atoms with Crippen molar-refractivity contribution in [3.05, 3.63) is 29.8 Å². The van der Waals surface area contributed by atoms with Crippen LogP contribution in [0.4, 0.5) is 0 Å². The van der Waals surface area contributed by atoms with E-state index >= 15 is 0 Å². The van der Waals surface area contributed by atoms with Crippen LogP contribution in [0, 0.1) is 0 Å². The first-order valence-electron chi connectivity index (χ1n) is 7.41. The van der Waals surface area contributed by atoms with Crippen molar-refractivity contribution >= 4 is 23.6 Å². The second kappa shape index (κ2) is 5.83. The van der Waals surface area contributed by atoms with E-state index in [9.17, 15) is 9.59 Å². The molecule has 0 aromatic heterocycles. The fraction of sp³-hybridized carbons (Fsp3) is 0.500. The van der Waals surface area contributed by atoms with E-state index < -0.39 is 0 Å². The van der Waals surface area contributed by atoms with Crippen molar-refractivity contribution in [3.63, 3.8) is 0 Å². The number of hydrogen-bond donors (Lipinski definition) is 1. The minimum atomic E-state index is -0.361. The van der Waals surface area contributed by atoms with Gasteiger partial charge in [-0.05, 0) is 19.4 Å². The van der Waals surface area contributed by atoms with Crippen LogP contribution < -0.4 is 10.1 Å². The lowest BCUT2D eigenvalue weighted by molar-refractivity contribution is -0.138. The molecule has 0 radical (unpaired) electrons. The van der Waals surface area contributed by atoms with E-state index in [1.54, 1.807) is 23.8 Å². The summed E-state index contributed by atoms with van der Waals surface area (Å²) in [5, 5.41) is 2.94. The van der Waals surface area contributed by atoms with E-state index in [1.807, 2.05) is 24.3 Å². The molecule has 1 aromatic rings. The van der Waals surface area contributed by atoms with Crippen LogP contribution in [-0.4, -0.2) is 40.5 Å². The normalized spacial score (nSPS) is 26.9. The third-order valence-electron chi connectivity index (χ3n) is 4.39. The Morgan fingerprint density at radius 2 is 2.27 bits per heavy atom. The third kappa shape index (κ3) is 2.56. The SMILES string of the molecule is COc1ccccc1CNC(=O)[C@H]1CS[C@]2(C)CCC(=O)N12. The molecule has 2 atom stereocenters. The van der Waals surface area contributed by atoms with Gasteiger partial charge in [-0.3, -0.25) is 9.59 Å². The molecule has 2 aliphatic rings. The number of benzene rings is 1. The molecule has 2 amide bonds. The Kier molecular flexibility index (Phi) is 4.04.